The highest BCUT2D eigenvalue weighted by Gasteiger charge is 2.33. The number of carbonyl (C=O) groups is 1. The van der Waals surface area contributed by atoms with Gasteiger partial charge in [-0.1, -0.05) is 33.6 Å². The number of rotatable bonds is 4. The first-order valence-electron chi connectivity index (χ1n) is 7.83. The third kappa shape index (κ3) is 3.07. The summed E-state index contributed by atoms with van der Waals surface area (Å²) in [6.07, 6.45) is 9.69. The first-order chi connectivity index (χ1) is 8.53. The SMILES string of the molecule is CCC(C)(C)C1CCC(NC(=O)C2CCC2)CC1. The number of hydrogen-bond donors (Lipinski definition) is 1. The minimum atomic E-state index is 0.333. The molecule has 18 heavy (non-hydrogen) atoms. The zero-order valence-electron chi connectivity index (χ0n) is 12.3. The van der Waals surface area contributed by atoms with Crippen molar-refractivity contribution in [2.45, 2.75) is 78.2 Å². The van der Waals surface area contributed by atoms with Crippen molar-refractivity contribution in [3.63, 3.8) is 0 Å². The molecule has 0 atom stereocenters. The van der Waals surface area contributed by atoms with Crippen molar-refractivity contribution in [2.24, 2.45) is 17.3 Å². The second-order valence-corrected chi connectivity index (χ2v) is 7.03. The summed E-state index contributed by atoms with van der Waals surface area (Å²) in [6.45, 7) is 7.08. The fourth-order valence-electron chi connectivity index (χ4n) is 3.30. The Morgan fingerprint density at radius 2 is 1.72 bits per heavy atom. The normalized spacial score (nSPS) is 29.7. The number of nitrogens with one attached hydrogen (secondary N) is 1. The summed E-state index contributed by atoms with van der Waals surface area (Å²) >= 11 is 0. The molecule has 2 aliphatic rings. The molecule has 2 saturated carbocycles. The zero-order valence-corrected chi connectivity index (χ0v) is 12.3. The van der Waals surface area contributed by atoms with Gasteiger partial charge in [-0.05, 0) is 49.9 Å². The van der Waals surface area contributed by atoms with Gasteiger partial charge in [-0.3, -0.25) is 4.79 Å². The van der Waals surface area contributed by atoms with E-state index in [1.165, 1.54) is 38.5 Å². The van der Waals surface area contributed by atoms with Crippen molar-refractivity contribution in [1.29, 1.82) is 0 Å². The third-order valence-corrected chi connectivity index (χ3v) is 5.57. The lowest BCUT2D eigenvalue weighted by molar-refractivity contribution is -0.128. The Labute approximate surface area is 112 Å². The third-order valence-electron chi connectivity index (χ3n) is 5.57. The Bertz CT molecular complexity index is 285. The molecule has 0 aromatic rings. The van der Waals surface area contributed by atoms with Crippen LogP contribution in [0.5, 0.6) is 0 Å². The first-order valence-corrected chi connectivity index (χ1v) is 7.83. The van der Waals surface area contributed by atoms with Crippen LogP contribution in [0.2, 0.25) is 0 Å². The number of carbonyl (C=O) groups excluding carboxylic acids is 1. The van der Waals surface area contributed by atoms with Gasteiger partial charge in [0.2, 0.25) is 5.91 Å². The average Bonchev–Trinajstić information content (AvgIpc) is 2.27. The van der Waals surface area contributed by atoms with Crippen molar-refractivity contribution >= 4 is 5.91 Å². The van der Waals surface area contributed by atoms with E-state index in [1.807, 2.05) is 0 Å². The fraction of sp³-hybridized carbons (Fsp3) is 0.938. The second kappa shape index (κ2) is 5.63. The smallest absolute Gasteiger partial charge is 0.223 e. The zero-order chi connectivity index (χ0) is 13.2. The fourth-order valence-corrected chi connectivity index (χ4v) is 3.30. The van der Waals surface area contributed by atoms with E-state index in [9.17, 15) is 4.79 Å². The largest absolute Gasteiger partial charge is 0.353 e. The van der Waals surface area contributed by atoms with Crippen LogP contribution in [0.1, 0.15) is 72.1 Å². The molecule has 0 spiro atoms. The van der Waals surface area contributed by atoms with Crippen molar-refractivity contribution in [2.75, 3.05) is 0 Å². The first kappa shape index (κ1) is 13.9. The molecule has 2 nitrogen and oxygen atoms in total. The van der Waals surface area contributed by atoms with E-state index >= 15 is 0 Å². The van der Waals surface area contributed by atoms with E-state index in [0.717, 1.165) is 18.8 Å². The van der Waals surface area contributed by atoms with Crippen LogP contribution in [0.3, 0.4) is 0 Å². The molecular weight excluding hydrogens is 222 g/mol. The molecule has 1 amide bonds. The predicted octanol–water partition coefficient (Wildman–Crippen LogP) is 3.90. The Hall–Kier alpha value is -0.530. The van der Waals surface area contributed by atoms with Crippen molar-refractivity contribution in [3.8, 4) is 0 Å². The molecule has 0 aromatic carbocycles. The molecule has 0 heterocycles. The van der Waals surface area contributed by atoms with Crippen LogP contribution >= 0.6 is 0 Å². The van der Waals surface area contributed by atoms with Crippen LogP contribution < -0.4 is 5.32 Å². The summed E-state index contributed by atoms with van der Waals surface area (Å²) < 4.78 is 0. The monoisotopic (exact) mass is 251 g/mol. The summed E-state index contributed by atoms with van der Waals surface area (Å²) in [6, 6.07) is 0.460. The standard InChI is InChI=1S/C16H29NO/c1-4-16(2,3)13-8-10-14(11-9-13)17-15(18)12-6-5-7-12/h12-14H,4-11H2,1-3H3,(H,17,18). The molecule has 1 N–H and O–H groups in total. The van der Waals surface area contributed by atoms with Crippen LogP contribution in [0.4, 0.5) is 0 Å². The topological polar surface area (TPSA) is 29.1 Å². The van der Waals surface area contributed by atoms with Gasteiger partial charge in [0.25, 0.3) is 0 Å². The minimum absolute atomic E-state index is 0.333. The number of hydrogen-bond acceptors (Lipinski definition) is 1. The Morgan fingerprint density at radius 1 is 1.11 bits per heavy atom. The highest BCUT2D eigenvalue weighted by Crippen LogP contribution is 2.40. The molecule has 2 rings (SSSR count). The molecule has 2 aliphatic carbocycles. The van der Waals surface area contributed by atoms with Gasteiger partial charge in [0.05, 0.1) is 0 Å². The highest BCUT2D eigenvalue weighted by atomic mass is 16.2. The van der Waals surface area contributed by atoms with E-state index < -0.39 is 0 Å². The maximum Gasteiger partial charge on any atom is 0.223 e. The van der Waals surface area contributed by atoms with Gasteiger partial charge in [0, 0.05) is 12.0 Å². The van der Waals surface area contributed by atoms with E-state index in [-0.39, 0.29) is 0 Å². The molecule has 104 valence electrons. The van der Waals surface area contributed by atoms with Crippen LogP contribution in [0, 0.1) is 17.3 Å². The molecule has 0 aliphatic heterocycles. The van der Waals surface area contributed by atoms with Crippen molar-refractivity contribution in [1.82, 2.24) is 5.32 Å². The summed E-state index contributed by atoms with van der Waals surface area (Å²) in [5.74, 6) is 1.52. The molecule has 2 fully saturated rings. The van der Waals surface area contributed by atoms with Crippen molar-refractivity contribution in [3.05, 3.63) is 0 Å². The van der Waals surface area contributed by atoms with Gasteiger partial charge < -0.3 is 5.32 Å². The molecule has 0 saturated heterocycles. The Morgan fingerprint density at radius 3 is 2.17 bits per heavy atom. The van der Waals surface area contributed by atoms with Gasteiger partial charge in [0.1, 0.15) is 0 Å². The van der Waals surface area contributed by atoms with E-state index in [0.29, 0.717) is 23.3 Å². The summed E-state index contributed by atoms with van der Waals surface area (Å²) in [7, 11) is 0. The maximum absolute atomic E-state index is 11.9. The lowest BCUT2D eigenvalue weighted by Crippen LogP contribution is -2.43. The van der Waals surface area contributed by atoms with Gasteiger partial charge in [-0.2, -0.15) is 0 Å². The van der Waals surface area contributed by atoms with Gasteiger partial charge >= 0.3 is 0 Å². The van der Waals surface area contributed by atoms with Gasteiger partial charge in [-0.25, -0.2) is 0 Å². The van der Waals surface area contributed by atoms with E-state index in [4.69, 9.17) is 0 Å². The molecule has 2 heteroatoms. The van der Waals surface area contributed by atoms with Crippen molar-refractivity contribution < 1.29 is 4.79 Å². The Kier molecular flexibility index (Phi) is 4.34. The van der Waals surface area contributed by atoms with Crippen LogP contribution in [0.15, 0.2) is 0 Å². The highest BCUT2D eigenvalue weighted by molar-refractivity contribution is 5.79. The number of amides is 1. The molecule has 0 bridgehead atoms. The molecule has 0 unspecified atom stereocenters. The van der Waals surface area contributed by atoms with Gasteiger partial charge in [-0.15, -0.1) is 0 Å². The Balaban J connectivity index is 1.74. The molecule has 0 radical (unpaired) electrons. The average molecular weight is 251 g/mol. The lowest BCUT2D eigenvalue weighted by Gasteiger charge is -2.39. The van der Waals surface area contributed by atoms with Crippen LogP contribution in [-0.2, 0) is 4.79 Å². The molecule has 0 aromatic heterocycles. The van der Waals surface area contributed by atoms with Crippen LogP contribution in [0.25, 0.3) is 0 Å². The molecular formula is C16H29NO. The summed E-state index contributed by atoms with van der Waals surface area (Å²) in [5.41, 5.74) is 0.475. The maximum atomic E-state index is 11.9. The second-order valence-electron chi connectivity index (χ2n) is 7.03. The van der Waals surface area contributed by atoms with E-state index in [1.54, 1.807) is 0 Å². The minimum Gasteiger partial charge on any atom is -0.353 e. The summed E-state index contributed by atoms with van der Waals surface area (Å²) in [4.78, 5) is 11.9. The predicted molar refractivity (Wildman–Crippen MR) is 75.3 cm³/mol. The van der Waals surface area contributed by atoms with E-state index in [2.05, 4.69) is 26.1 Å². The quantitative estimate of drug-likeness (QED) is 0.806. The summed E-state index contributed by atoms with van der Waals surface area (Å²) in [5, 5.41) is 3.27. The lowest BCUT2D eigenvalue weighted by atomic mass is 9.69. The van der Waals surface area contributed by atoms with Gasteiger partial charge in [0.15, 0.2) is 0 Å². The van der Waals surface area contributed by atoms with Crippen LogP contribution in [-0.4, -0.2) is 11.9 Å².